The van der Waals surface area contributed by atoms with Crippen molar-refractivity contribution < 1.29 is 18.4 Å². The number of pyridine rings is 1. The molecule has 0 atom stereocenters. The second-order valence-corrected chi connectivity index (χ2v) is 7.49. The lowest BCUT2D eigenvalue weighted by Crippen LogP contribution is -2.43. The predicted octanol–water partition coefficient (Wildman–Crippen LogP) is 1.94. The van der Waals surface area contributed by atoms with E-state index in [9.17, 15) is 18.4 Å². The SMILES string of the molecule is O=C(CN1CCC(c2nnc3ccccn23)CC1)NCC(=O)Nc1ccc(F)c(F)c1. The van der Waals surface area contributed by atoms with Gasteiger partial charge >= 0.3 is 0 Å². The zero-order chi connectivity index (χ0) is 21.8. The summed E-state index contributed by atoms with van der Waals surface area (Å²) in [5.74, 6) is -1.62. The molecule has 0 bridgehead atoms. The van der Waals surface area contributed by atoms with E-state index in [4.69, 9.17) is 0 Å². The Morgan fingerprint density at radius 2 is 1.84 bits per heavy atom. The fourth-order valence-electron chi connectivity index (χ4n) is 3.70. The minimum Gasteiger partial charge on any atom is -0.346 e. The number of nitrogens with one attached hydrogen (secondary N) is 2. The van der Waals surface area contributed by atoms with E-state index in [0.717, 1.165) is 49.5 Å². The Morgan fingerprint density at radius 3 is 2.61 bits per heavy atom. The summed E-state index contributed by atoms with van der Waals surface area (Å²) in [5.41, 5.74) is 0.946. The number of carbonyl (C=O) groups excluding carboxylic acids is 2. The van der Waals surface area contributed by atoms with E-state index in [1.54, 1.807) is 0 Å². The van der Waals surface area contributed by atoms with Crippen LogP contribution in [-0.4, -0.2) is 57.5 Å². The third kappa shape index (κ3) is 5.02. The van der Waals surface area contributed by atoms with Gasteiger partial charge in [0.05, 0.1) is 13.1 Å². The van der Waals surface area contributed by atoms with Gasteiger partial charge in [0, 0.05) is 23.9 Å². The summed E-state index contributed by atoms with van der Waals surface area (Å²) in [7, 11) is 0. The average Bonchev–Trinajstić information content (AvgIpc) is 3.20. The zero-order valence-electron chi connectivity index (χ0n) is 16.7. The first kappa shape index (κ1) is 20.9. The van der Waals surface area contributed by atoms with Crippen molar-refractivity contribution in [3.05, 3.63) is 60.1 Å². The van der Waals surface area contributed by atoms with E-state index in [0.29, 0.717) is 0 Å². The fraction of sp³-hybridized carbons (Fsp3) is 0.333. The number of fused-ring (bicyclic) bond motifs is 1. The van der Waals surface area contributed by atoms with Crippen LogP contribution in [0.25, 0.3) is 5.65 Å². The third-order valence-corrected chi connectivity index (χ3v) is 5.31. The molecular formula is C21H22F2N6O2. The quantitative estimate of drug-likeness (QED) is 0.626. The largest absolute Gasteiger partial charge is 0.346 e. The first-order chi connectivity index (χ1) is 15.0. The molecule has 0 spiro atoms. The number of nitrogens with zero attached hydrogens (tertiary/aromatic N) is 4. The Labute approximate surface area is 177 Å². The van der Waals surface area contributed by atoms with Crippen LogP contribution in [0.2, 0.25) is 0 Å². The summed E-state index contributed by atoms with van der Waals surface area (Å²) in [6.07, 6.45) is 3.68. The van der Waals surface area contributed by atoms with Gasteiger partial charge in [0.15, 0.2) is 17.3 Å². The van der Waals surface area contributed by atoms with Crippen molar-refractivity contribution in [3.8, 4) is 0 Å². The van der Waals surface area contributed by atoms with Crippen molar-refractivity contribution in [2.24, 2.45) is 0 Å². The predicted molar refractivity (Wildman–Crippen MR) is 109 cm³/mol. The number of benzene rings is 1. The maximum atomic E-state index is 13.2. The lowest BCUT2D eigenvalue weighted by Gasteiger charge is -2.30. The molecule has 31 heavy (non-hydrogen) atoms. The number of hydrogen-bond donors (Lipinski definition) is 2. The number of rotatable bonds is 6. The molecule has 1 aliphatic heterocycles. The van der Waals surface area contributed by atoms with E-state index in [-0.39, 0.29) is 30.6 Å². The van der Waals surface area contributed by atoms with Crippen molar-refractivity contribution in [3.63, 3.8) is 0 Å². The summed E-state index contributed by atoms with van der Waals surface area (Å²) in [6, 6.07) is 8.85. The molecule has 0 aliphatic carbocycles. The van der Waals surface area contributed by atoms with E-state index in [1.165, 1.54) is 6.07 Å². The minimum absolute atomic E-state index is 0.126. The zero-order valence-corrected chi connectivity index (χ0v) is 16.7. The number of amides is 2. The monoisotopic (exact) mass is 428 g/mol. The molecule has 1 aliphatic rings. The highest BCUT2D eigenvalue weighted by Crippen LogP contribution is 2.26. The van der Waals surface area contributed by atoms with Gasteiger partial charge < -0.3 is 10.6 Å². The minimum atomic E-state index is -1.05. The molecule has 1 saturated heterocycles. The highest BCUT2D eigenvalue weighted by atomic mass is 19.2. The van der Waals surface area contributed by atoms with Gasteiger partial charge in [-0.15, -0.1) is 10.2 Å². The molecule has 3 heterocycles. The van der Waals surface area contributed by atoms with E-state index >= 15 is 0 Å². The topological polar surface area (TPSA) is 91.6 Å². The van der Waals surface area contributed by atoms with Crippen LogP contribution in [0.4, 0.5) is 14.5 Å². The molecule has 8 nitrogen and oxygen atoms in total. The molecule has 162 valence electrons. The smallest absolute Gasteiger partial charge is 0.243 e. The number of anilines is 1. The van der Waals surface area contributed by atoms with Crippen molar-refractivity contribution in [1.29, 1.82) is 0 Å². The van der Waals surface area contributed by atoms with Gasteiger partial charge in [-0.3, -0.25) is 18.9 Å². The van der Waals surface area contributed by atoms with Crippen LogP contribution in [0.3, 0.4) is 0 Å². The van der Waals surface area contributed by atoms with Crippen LogP contribution < -0.4 is 10.6 Å². The first-order valence-corrected chi connectivity index (χ1v) is 10.0. The number of carbonyl (C=O) groups is 2. The second kappa shape index (κ2) is 9.17. The molecule has 3 aromatic rings. The Balaban J connectivity index is 1.21. The number of likely N-dealkylation sites (tertiary alicyclic amines) is 1. The third-order valence-electron chi connectivity index (χ3n) is 5.31. The van der Waals surface area contributed by atoms with Gasteiger partial charge in [-0.25, -0.2) is 8.78 Å². The normalized spacial score (nSPS) is 15.2. The van der Waals surface area contributed by atoms with Gasteiger partial charge in [0.2, 0.25) is 11.8 Å². The standard InChI is InChI=1S/C21H22F2N6O2/c22-16-5-4-15(11-17(16)23)25-19(30)12-24-20(31)13-28-9-6-14(7-10-28)21-27-26-18-3-1-2-8-29(18)21/h1-5,8,11,14H,6-7,9-10,12-13H2,(H,24,31)(H,25,30). The van der Waals surface area contributed by atoms with Crippen LogP contribution in [0.5, 0.6) is 0 Å². The van der Waals surface area contributed by atoms with E-state index in [1.807, 2.05) is 33.7 Å². The Bertz CT molecular complexity index is 1090. The molecule has 10 heteroatoms. The maximum absolute atomic E-state index is 13.2. The van der Waals surface area contributed by atoms with Crippen LogP contribution in [0, 0.1) is 11.6 Å². The molecule has 4 rings (SSSR count). The van der Waals surface area contributed by atoms with Crippen molar-refractivity contribution in [2.75, 3.05) is 31.5 Å². The average molecular weight is 428 g/mol. The molecule has 2 amide bonds. The molecule has 0 saturated carbocycles. The molecule has 1 aromatic carbocycles. The number of halogens is 2. The number of aromatic nitrogens is 3. The summed E-state index contributed by atoms with van der Waals surface area (Å²) >= 11 is 0. The van der Waals surface area contributed by atoms with Crippen molar-refractivity contribution >= 4 is 23.1 Å². The molecule has 1 fully saturated rings. The first-order valence-electron chi connectivity index (χ1n) is 10.0. The molecule has 0 unspecified atom stereocenters. The maximum Gasteiger partial charge on any atom is 0.243 e. The Morgan fingerprint density at radius 1 is 1.03 bits per heavy atom. The van der Waals surface area contributed by atoms with Gasteiger partial charge in [-0.2, -0.15) is 0 Å². The number of piperidine rings is 1. The number of hydrogen-bond acceptors (Lipinski definition) is 5. The summed E-state index contributed by atoms with van der Waals surface area (Å²) in [4.78, 5) is 26.1. The summed E-state index contributed by atoms with van der Waals surface area (Å²) in [6.45, 7) is 1.41. The highest BCUT2D eigenvalue weighted by Gasteiger charge is 2.25. The van der Waals surface area contributed by atoms with Gasteiger partial charge in [0.25, 0.3) is 0 Å². The lowest BCUT2D eigenvalue weighted by atomic mass is 9.96. The van der Waals surface area contributed by atoms with Crippen LogP contribution in [0.15, 0.2) is 42.6 Å². The van der Waals surface area contributed by atoms with Crippen molar-refractivity contribution in [1.82, 2.24) is 24.8 Å². The van der Waals surface area contributed by atoms with Crippen LogP contribution >= 0.6 is 0 Å². The molecule has 2 N–H and O–H groups in total. The van der Waals surface area contributed by atoms with Crippen LogP contribution in [-0.2, 0) is 9.59 Å². The second-order valence-electron chi connectivity index (χ2n) is 7.49. The van der Waals surface area contributed by atoms with Gasteiger partial charge in [-0.05, 0) is 50.2 Å². The van der Waals surface area contributed by atoms with Gasteiger partial charge in [-0.1, -0.05) is 6.07 Å². The van der Waals surface area contributed by atoms with E-state index < -0.39 is 17.5 Å². The van der Waals surface area contributed by atoms with Crippen LogP contribution in [0.1, 0.15) is 24.6 Å². The van der Waals surface area contributed by atoms with Crippen molar-refractivity contribution in [2.45, 2.75) is 18.8 Å². The highest BCUT2D eigenvalue weighted by molar-refractivity contribution is 5.94. The molecule has 0 radical (unpaired) electrons. The van der Waals surface area contributed by atoms with E-state index in [2.05, 4.69) is 20.8 Å². The lowest BCUT2D eigenvalue weighted by molar-refractivity contribution is -0.125. The fourth-order valence-corrected chi connectivity index (χ4v) is 3.70. The Hall–Kier alpha value is -3.40. The summed E-state index contributed by atoms with van der Waals surface area (Å²) in [5, 5.41) is 13.5. The Kier molecular flexibility index (Phi) is 6.17. The summed E-state index contributed by atoms with van der Waals surface area (Å²) < 4.78 is 28.1. The van der Waals surface area contributed by atoms with Gasteiger partial charge in [0.1, 0.15) is 5.82 Å². The molecular weight excluding hydrogens is 406 g/mol. The molecule has 2 aromatic heterocycles.